The molecule has 4 aromatic rings. The van der Waals surface area contributed by atoms with Gasteiger partial charge >= 0.3 is 0 Å². The predicted molar refractivity (Wildman–Crippen MR) is 164 cm³/mol. The molecule has 0 amide bonds. The van der Waals surface area contributed by atoms with Crippen LogP contribution in [0.1, 0.15) is 45.9 Å². The summed E-state index contributed by atoms with van der Waals surface area (Å²) in [4.78, 5) is 6.74. The van der Waals surface area contributed by atoms with E-state index in [0.29, 0.717) is 16.5 Å². The molecule has 2 aromatic carbocycles. The van der Waals surface area contributed by atoms with E-state index in [2.05, 4.69) is 76.5 Å². The molecule has 1 aliphatic heterocycles. The molecule has 10 heteroatoms. The van der Waals surface area contributed by atoms with Crippen LogP contribution < -0.4 is 19.7 Å². The standard InChI is InChI=1S/C30H33N5O3S2/c1-18-10-11-19(2)26(15-18)34-20(3)16-23(21(34)4)29-28(25-9-7-8-14-31-25)32-30(39)35(29)22-12-13-24(27(17-22)38-5)33-40(6,36)37/h7-17,28-29,33H,1-6H3,(H,32,39). The largest absolute Gasteiger partial charge is 0.494 e. The number of anilines is 2. The lowest BCUT2D eigenvalue weighted by atomic mass is 9.96. The second-order valence-electron chi connectivity index (χ2n) is 10.2. The van der Waals surface area contributed by atoms with Gasteiger partial charge in [0, 0.05) is 35.0 Å². The molecule has 0 spiro atoms. The summed E-state index contributed by atoms with van der Waals surface area (Å²) < 4.78 is 34.2. The minimum absolute atomic E-state index is 0.221. The van der Waals surface area contributed by atoms with Gasteiger partial charge < -0.3 is 19.5 Å². The molecule has 5 rings (SSSR count). The van der Waals surface area contributed by atoms with Crippen LogP contribution in [0.2, 0.25) is 0 Å². The van der Waals surface area contributed by atoms with Gasteiger partial charge in [-0.15, -0.1) is 0 Å². The first-order chi connectivity index (χ1) is 19.0. The molecule has 2 unspecified atom stereocenters. The Morgan fingerprint density at radius 1 is 1.02 bits per heavy atom. The predicted octanol–water partition coefficient (Wildman–Crippen LogP) is 5.66. The number of hydrogen-bond acceptors (Lipinski definition) is 5. The van der Waals surface area contributed by atoms with Gasteiger partial charge in [0.2, 0.25) is 10.0 Å². The Morgan fingerprint density at radius 3 is 2.48 bits per heavy atom. The van der Waals surface area contributed by atoms with E-state index in [9.17, 15) is 8.42 Å². The number of hydrogen-bond donors (Lipinski definition) is 2. The molecule has 0 radical (unpaired) electrons. The van der Waals surface area contributed by atoms with Crippen molar-refractivity contribution in [2.45, 2.75) is 39.8 Å². The number of aromatic nitrogens is 2. The van der Waals surface area contributed by atoms with Crippen molar-refractivity contribution in [3.8, 4) is 11.4 Å². The fourth-order valence-electron chi connectivity index (χ4n) is 5.48. The highest BCUT2D eigenvalue weighted by atomic mass is 32.2. The molecular weight excluding hydrogens is 542 g/mol. The number of nitrogens with zero attached hydrogens (tertiary/aromatic N) is 3. The van der Waals surface area contributed by atoms with E-state index >= 15 is 0 Å². The van der Waals surface area contributed by atoms with Crippen LogP contribution in [0.15, 0.2) is 66.9 Å². The van der Waals surface area contributed by atoms with E-state index in [1.165, 1.54) is 18.2 Å². The number of pyridine rings is 1. The van der Waals surface area contributed by atoms with Crippen LogP contribution in [0.5, 0.6) is 5.75 Å². The number of nitrogens with one attached hydrogen (secondary N) is 2. The lowest BCUT2D eigenvalue weighted by Crippen LogP contribution is -2.29. The van der Waals surface area contributed by atoms with E-state index in [-0.39, 0.29) is 12.1 Å². The summed E-state index contributed by atoms with van der Waals surface area (Å²) in [6, 6.07) is 19.5. The maximum Gasteiger partial charge on any atom is 0.229 e. The molecule has 0 aliphatic carbocycles. The average Bonchev–Trinajstić information content (AvgIpc) is 3.40. The minimum Gasteiger partial charge on any atom is -0.494 e. The highest BCUT2D eigenvalue weighted by molar-refractivity contribution is 7.92. The molecule has 0 bridgehead atoms. The average molecular weight is 576 g/mol. The van der Waals surface area contributed by atoms with Crippen molar-refractivity contribution >= 4 is 38.7 Å². The molecule has 3 heterocycles. The first-order valence-electron chi connectivity index (χ1n) is 12.9. The number of sulfonamides is 1. The van der Waals surface area contributed by atoms with Crippen LogP contribution in [0.3, 0.4) is 0 Å². The quantitative estimate of drug-likeness (QED) is 0.275. The third-order valence-electron chi connectivity index (χ3n) is 7.25. The van der Waals surface area contributed by atoms with Crippen LogP contribution in [-0.2, 0) is 10.0 Å². The normalized spacial score (nSPS) is 17.1. The van der Waals surface area contributed by atoms with Crippen molar-refractivity contribution in [3.05, 3.63) is 101 Å². The molecule has 1 aliphatic rings. The Labute approximate surface area is 241 Å². The highest BCUT2D eigenvalue weighted by Gasteiger charge is 2.42. The maximum atomic E-state index is 11.9. The van der Waals surface area contributed by atoms with Crippen molar-refractivity contribution in [2.75, 3.05) is 23.0 Å². The van der Waals surface area contributed by atoms with Gasteiger partial charge in [-0.25, -0.2) is 8.42 Å². The van der Waals surface area contributed by atoms with Crippen molar-refractivity contribution < 1.29 is 13.2 Å². The SMILES string of the molecule is COc1cc(N2C(=S)NC(c3ccccn3)C2c2cc(C)n(-c3cc(C)ccc3C)c2C)ccc1NS(C)(=O)=O. The molecule has 0 saturated carbocycles. The highest BCUT2D eigenvalue weighted by Crippen LogP contribution is 2.45. The number of benzene rings is 2. The molecule has 2 N–H and O–H groups in total. The van der Waals surface area contributed by atoms with Crippen molar-refractivity contribution in [2.24, 2.45) is 0 Å². The third-order valence-corrected chi connectivity index (χ3v) is 8.16. The summed E-state index contributed by atoms with van der Waals surface area (Å²) in [7, 11) is -1.97. The summed E-state index contributed by atoms with van der Waals surface area (Å²) in [6.45, 7) is 8.49. The number of ether oxygens (including phenoxy) is 1. The zero-order valence-corrected chi connectivity index (χ0v) is 25.0. The number of aryl methyl sites for hydroxylation is 3. The van der Waals surface area contributed by atoms with Crippen LogP contribution in [0.25, 0.3) is 5.69 Å². The van der Waals surface area contributed by atoms with E-state index in [1.807, 2.05) is 24.3 Å². The first kappa shape index (κ1) is 27.7. The Bertz CT molecular complexity index is 1700. The van der Waals surface area contributed by atoms with Gasteiger partial charge in [-0.2, -0.15) is 0 Å². The summed E-state index contributed by atoms with van der Waals surface area (Å²) >= 11 is 5.92. The fraction of sp³-hybridized carbons (Fsp3) is 0.267. The molecule has 2 atom stereocenters. The van der Waals surface area contributed by atoms with Crippen LogP contribution >= 0.6 is 12.2 Å². The van der Waals surface area contributed by atoms with Crippen LogP contribution in [0, 0.1) is 27.7 Å². The van der Waals surface area contributed by atoms with Gasteiger partial charge in [0.15, 0.2) is 5.11 Å². The van der Waals surface area contributed by atoms with Crippen LogP contribution in [-0.4, -0.2) is 36.4 Å². The fourth-order valence-corrected chi connectivity index (χ4v) is 6.39. The molecule has 8 nitrogen and oxygen atoms in total. The van der Waals surface area contributed by atoms with Gasteiger partial charge in [0.05, 0.1) is 36.8 Å². The van der Waals surface area contributed by atoms with Gasteiger partial charge in [0.25, 0.3) is 0 Å². The Hall–Kier alpha value is -3.89. The Kier molecular flexibility index (Phi) is 7.32. The second kappa shape index (κ2) is 10.6. The molecule has 2 aromatic heterocycles. The molecule has 40 heavy (non-hydrogen) atoms. The van der Waals surface area contributed by atoms with Gasteiger partial charge in [-0.1, -0.05) is 18.2 Å². The van der Waals surface area contributed by atoms with Crippen LogP contribution in [0.4, 0.5) is 11.4 Å². The molecule has 1 fully saturated rings. The Balaban J connectivity index is 1.68. The molecule has 208 valence electrons. The van der Waals surface area contributed by atoms with E-state index < -0.39 is 10.0 Å². The zero-order chi connectivity index (χ0) is 28.8. The number of rotatable bonds is 7. The lowest BCUT2D eigenvalue weighted by molar-refractivity contribution is 0.417. The minimum atomic E-state index is -3.48. The smallest absolute Gasteiger partial charge is 0.229 e. The van der Waals surface area contributed by atoms with E-state index in [1.54, 1.807) is 18.3 Å². The first-order valence-corrected chi connectivity index (χ1v) is 15.2. The lowest BCUT2D eigenvalue weighted by Gasteiger charge is -2.29. The molecular formula is C30H33N5O3S2. The van der Waals surface area contributed by atoms with Gasteiger partial charge in [-0.3, -0.25) is 9.71 Å². The van der Waals surface area contributed by atoms with E-state index in [0.717, 1.165) is 40.3 Å². The topological polar surface area (TPSA) is 88.5 Å². The Morgan fingerprint density at radius 2 is 1.80 bits per heavy atom. The monoisotopic (exact) mass is 575 g/mol. The van der Waals surface area contributed by atoms with Crippen molar-refractivity contribution in [1.29, 1.82) is 0 Å². The zero-order valence-electron chi connectivity index (χ0n) is 23.4. The summed E-state index contributed by atoms with van der Waals surface area (Å²) in [5.41, 5.74) is 8.87. The van der Waals surface area contributed by atoms with Crippen molar-refractivity contribution in [1.82, 2.24) is 14.9 Å². The summed E-state index contributed by atoms with van der Waals surface area (Å²) in [5.74, 6) is 0.395. The summed E-state index contributed by atoms with van der Waals surface area (Å²) in [5, 5.41) is 4.05. The van der Waals surface area contributed by atoms with Gasteiger partial charge in [-0.05, 0) is 93.0 Å². The van der Waals surface area contributed by atoms with Crippen molar-refractivity contribution in [3.63, 3.8) is 0 Å². The molecule has 1 saturated heterocycles. The second-order valence-corrected chi connectivity index (χ2v) is 12.3. The van der Waals surface area contributed by atoms with E-state index in [4.69, 9.17) is 17.0 Å². The summed E-state index contributed by atoms with van der Waals surface area (Å²) in [6.07, 6.45) is 2.90. The third kappa shape index (κ3) is 5.16. The number of thiocarbonyl (C=S) groups is 1. The maximum absolute atomic E-state index is 11.9. The number of methoxy groups -OCH3 is 1. The van der Waals surface area contributed by atoms with Gasteiger partial charge in [0.1, 0.15) is 5.75 Å².